The number of nitrogens with zero attached hydrogens (tertiary/aromatic N) is 1. The van der Waals surface area contributed by atoms with E-state index in [1.807, 2.05) is 6.07 Å². The molecule has 1 aromatic carbocycles. The van der Waals surface area contributed by atoms with E-state index in [2.05, 4.69) is 4.72 Å². The number of morpholine rings is 1. The first kappa shape index (κ1) is 20.8. The Balaban J connectivity index is 1.43. The van der Waals surface area contributed by atoms with Gasteiger partial charge in [0.05, 0.1) is 24.5 Å². The summed E-state index contributed by atoms with van der Waals surface area (Å²) in [4.78, 5) is 25.5. The zero-order valence-corrected chi connectivity index (χ0v) is 16.6. The first-order chi connectivity index (χ1) is 13.5. The fourth-order valence-corrected chi connectivity index (χ4v) is 4.45. The minimum Gasteiger partial charge on any atom is -0.456 e. The van der Waals surface area contributed by atoms with Crippen LogP contribution in [0.25, 0.3) is 0 Å². The van der Waals surface area contributed by atoms with Gasteiger partial charge in [-0.05, 0) is 48.9 Å². The van der Waals surface area contributed by atoms with Crippen LogP contribution in [0.1, 0.15) is 30.4 Å². The van der Waals surface area contributed by atoms with Crippen LogP contribution in [-0.2, 0) is 41.9 Å². The van der Waals surface area contributed by atoms with Crippen LogP contribution in [0.3, 0.4) is 0 Å². The highest BCUT2D eigenvalue weighted by atomic mass is 32.2. The van der Waals surface area contributed by atoms with Gasteiger partial charge in [0.25, 0.3) is 5.91 Å². The number of ether oxygens (including phenoxy) is 2. The summed E-state index contributed by atoms with van der Waals surface area (Å²) in [5.74, 6) is -0.888. The molecule has 28 heavy (non-hydrogen) atoms. The van der Waals surface area contributed by atoms with Crippen molar-refractivity contribution in [2.45, 2.75) is 37.0 Å². The van der Waals surface area contributed by atoms with E-state index in [4.69, 9.17) is 9.47 Å². The predicted molar refractivity (Wildman–Crippen MR) is 101 cm³/mol. The van der Waals surface area contributed by atoms with E-state index in [1.54, 1.807) is 17.0 Å². The van der Waals surface area contributed by atoms with Crippen molar-refractivity contribution < 1.29 is 27.5 Å². The molecule has 1 saturated heterocycles. The van der Waals surface area contributed by atoms with Gasteiger partial charge in [-0.2, -0.15) is 0 Å². The molecule has 1 aliphatic heterocycles. The molecule has 0 unspecified atom stereocenters. The van der Waals surface area contributed by atoms with Crippen molar-refractivity contribution in [3.63, 3.8) is 0 Å². The summed E-state index contributed by atoms with van der Waals surface area (Å²) in [5.41, 5.74) is 2.29. The van der Waals surface area contributed by atoms with Crippen molar-refractivity contribution in [3.8, 4) is 0 Å². The van der Waals surface area contributed by atoms with E-state index < -0.39 is 16.0 Å². The summed E-state index contributed by atoms with van der Waals surface area (Å²) < 4.78 is 37.4. The fourth-order valence-electron chi connectivity index (χ4n) is 3.37. The zero-order chi connectivity index (χ0) is 20.0. The molecule has 8 nitrogen and oxygen atoms in total. The third-order valence-corrected chi connectivity index (χ3v) is 6.43. The Morgan fingerprint density at radius 1 is 1.11 bits per heavy atom. The number of fused-ring (bicyclic) bond motifs is 1. The van der Waals surface area contributed by atoms with Crippen molar-refractivity contribution >= 4 is 21.9 Å². The van der Waals surface area contributed by atoms with E-state index in [0.29, 0.717) is 26.3 Å². The van der Waals surface area contributed by atoms with Gasteiger partial charge < -0.3 is 14.4 Å². The van der Waals surface area contributed by atoms with Gasteiger partial charge in [0, 0.05) is 19.6 Å². The topological polar surface area (TPSA) is 102 Å². The highest BCUT2D eigenvalue weighted by Crippen LogP contribution is 2.24. The third kappa shape index (κ3) is 5.52. The largest absolute Gasteiger partial charge is 0.456 e. The molecule has 3 rings (SSSR count). The van der Waals surface area contributed by atoms with Crippen molar-refractivity contribution in [2.24, 2.45) is 0 Å². The van der Waals surface area contributed by atoms with Gasteiger partial charge in [-0.15, -0.1) is 0 Å². The Morgan fingerprint density at radius 3 is 2.57 bits per heavy atom. The summed E-state index contributed by atoms with van der Waals surface area (Å²) in [7, 11) is -3.68. The molecule has 0 atom stereocenters. The SMILES string of the molecule is O=C(CCNS(=O)(=O)c1ccc2c(c1)CCCC2)OCC(=O)N1CCOCC1. The lowest BCUT2D eigenvalue weighted by molar-refractivity contribution is -0.153. The summed E-state index contributed by atoms with van der Waals surface area (Å²) in [6, 6.07) is 5.19. The second-order valence-corrected chi connectivity index (χ2v) is 8.71. The Morgan fingerprint density at radius 2 is 1.82 bits per heavy atom. The fraction of sp³-hybridized carbons (Fsp3) is 0.579. The number of hydrogen-bond donors (Lipinski definition) is 1. The molecular weight excluding hydrogens is 384 g/mol. The smallest absolute Gasteiger partial charge is 0.307 e. The van der Waals surface area contributed by atoms with E-state index in [0.717, 1.165) is 31.2 Å². The van der Waals surface area contributed by atoms with Gasteiger partial charge in [0.2, 0.25) is 10.0 Å². The highest BCUT2D eigenvalue weighted by molar-refractivity contribution is 7.89. The molecule has 1 N–H and O–H groups in total. The number of hydrogen-bond acceptors (Lipinski definition) is 6. The molecule has 1 heterocycles. The molecule has 1 amide bonds. The maximum atomic E-state index is 12.4. The molecule has 0 radical (unpaired) electrons. The predicted octanol–water partition coefficient (Wildman–Crippen LogP) is 0.636. The number of aryl methyl sites for hydroxylation is 2. The highest BCUT2D eigenvalue weighted by Gasteiger charge is 2.20. The summed E-state index contributed by atoms with van der Waals surface area (Å²) in [6.07, 6.45) is 3.94. The summed E-state index contributed by atoms with van der Waals surface area (Å²) in [5, 5.41) is 0. The van der Waals surface area contributed by atoms with Gasteiger partial charge in [0.15, 0.2) is 6.61 Å². The number of carbonyl (C=O) groups is 2. The van der Waals surface area contributed by atoms with Gasteiger partial charge in [0.1, 0.15) is 0 Å². The van der Waals surface area contributed by atoms with Gasteiger partial charge >= 0.3 is 5.97 Å². The number of carbonyl (C=O) groups excluding carboxylic acids is 2. The average molecular weight is 410 g/mol. The van der Waals surface area contributed by atoms with Crippen molar-refractivity contribution in [2.75, 3.05) is 39.5 Å². The lowest BCUT2D eigenvalue weighted by Crippen LogP contribution is -2.42. The molecule has 0 saturated carbocycles. The van der Waals surface area contributed by atoms with Crippen molar-refractivity contribution in [1.29, 1.82) is 0 Å². The van der Waals surface area contributed by atoms with Crippen LogP contribution in [0.2, 0.25) is 0 Å². The molecule has 1 aliphatic carbocycles. The van der Waals surface area contributed by atoms with Gasteiger partial charge in [-0.3, -0.25) is 9.59 Å². The van der Waals surface area contributed by atoms with E-state index in [9.17, 15) is 18.0 Å². The Labute approximate surface area is 165 Å². The number of nitrogens with one attached hydrogen (secondary N) is 1. The molecule has 154 valence electrons. The lowest BCUT2D eigenvalue weighted by atomic mass is 9.92. The molecule has 0 aromatic heterocycles. The van der Waals surface area contributed by atoms with Crippen molar-refractivity contribution in [1.82, 2.24) is 9.62 Å². The minimum absolute atomic E-state index is 0.0794. The molecule has 1 aromatic rings. The molecular formula is C19H26N2O6S. The zero-order valence-electron chi connectivity index (χ0n) is 15.8. The second kappa shape index (κ2) is 9.49. The van der Waals surface area contributed by atoms with E-state index in [-0.39, 0.29) is 30.4 Å². The van der Waals surface area contributed by atoms with Crippen LogP contribution < -0.4 is 4.72 Å². The number of benzene rings is 1. The van der Waals surface area contributed by atoms with Crippen LogP contribution in [0.15, 0.2) is 23.1 Å². The molecule has 9 heteroatoms. The normalized spacial score (nSPS) is 17.1. The van der Waals surface area contributed by atoms with Crippen LogP contribution in [0, 0.1) is 0 Å². The quantitative estimate of drug-likeness (QED) is 0.662. The van der Waals surface area contributed by atoms with Gasteiger partial charge in [-0.1, -0.05) is 6.07 Å². The van der Waals surface area contributed by atoms with Crippen LogP contribution in [-0.4, -0.2) is 64.6 Å². The Kier molecular flexibility index (Phi) is 7.03. The van der Waals surface area contributed by atoms with E-state index >= 15 is 0 Å². The van der Waals surface area contributed by atoms with Gasteiger partial charge in [-0.25, -0.2) is 13.1 Å². The molecule has 1 fully saturated rings. The average Bonchev–Trinajstić information content (AvgIpc) is 2.72. The maximum absolute atomic E-state index is 12.4. The number of rotatable bonds is 7. The number of amides is 1. The molecule has 2 aliphatic rings. The standard InChI is InChI=1S/C19H26N2O6S/c22-18(21-9-11-26-12-10-21)14-27-19(23)7-8-20-28(24,25)17-6-5-15-3-1-2-4-16(15)13-17/h5-6,13,20H,1-4,7-12,14H2. The van der Waals surface area contributed by atoms with Crippen molar-refractivity contribution in [3.05, 3.63) is 29.3 Å². The van der Waals surface area contributed by atoms with Crippen LogP contribution in [0.5, 0.6) is 0 Å². The summed E-state index contributed by atoms with van der Waals surface area (Å²) >= 11 is 0. The van der Waals surface area contributed by atoms with Crippen LogP contribution >= 0.6 is 0 Å². The monoisotopic (exact) mass is 410 g/mol. The Hall–Kier alpha value is -1.97. The number of esters is 1. The maximum Gasteiger partial charge on any atom is 0.307 e. The Bertz CT molecular complexity index is 818. The minimum atomic E-state index is -3.68. The first-order valence-electron chi connectivity index (χ1n) is 9.58. The van der Waals surface area contributed by atoms with E-state index in [1.165, 1.54) is 5.56 Å². The van der Waals surface area contributed by atoms with Crippen LogP contribution in [0.4, 0.5) is 0 Å². The summed E-state index contributed by atoms with van der Waals surface area (Å²) in [6.45, 7) is 1.50. The number of sulfonamides is 1. The molecule has 0 bridgehead atoms. The lowest BCUT2D eigenvalue weighted by Gasteiger charge is -2.26. The first-order valence-corrected chi connectivity index (χ1v) is 11.1. The third-order valence-electron chi connectivity index (χ3n) is 4.97. The second-order valence-electron chi connectivity index (χ2n) is 6.94. The molecule has 0 spiro atoms.